The summed E-state index contributed by atoms with van der Waals surface area (Å²) in [5.74, 6) is -1.48. The number of carbonyl (C=O) groups excluding carboxylic acids is 3. The number of hydrogen-bond donors (Lipinski definition) is 2. The Morgan fingerprint density at radius 1 is 1.03 bits per heavy atom. The van der Waals surface area contributed by atoms with Crippen molar-refractivity contribution in [3.8, 4) is 0 Å². The molecule has 0 saturated carbocycles. The van der Waals surface area contributed by atoms with Crippen molar-refractivity contribution in [3.05, 3.63) is 34.3 Å². The van der Waals surface area contributed by atoms with E-state index in [1.54, 1.807) is 13.8 Å². The molecular weight excluding hydrogens is 480 g/mol. The lowest BCUT2D eigenvalue weighted by molar-refractivity contribution is -0.163. The van der Waals surface area contributed by atoms with Crippen LogP contribution in [0, 0.1) is 11.3 Å². The molecule has 0 aliphatic rings. The Morgan fingerprint density at radius 3 is 2.17 bits per heavy atom. The highest BCUT2D eigenvalue weighted by Gasteiger charge is 2.43. The molecule has 2 N–H and O–H groups in total. The molecule has 1 aromatic rings. The molecule has 0 bridgehead atoms. The molecule has 2 amide bonds. The summed E-state index contributed by atoms with van der Waals surface area (Å²) in [4.78, 5) is 37.8. The molecule has 1 aromatic carbocycles. The molecule has 7 nitrogen and oxygen atoms in total. The van der Waals surface area contributed by atoms with E-state index in [0.29, 0.717) is 17.0 Å². The Hall–Kier alpha value is -2.28. The van der Waals surface area contributed by atoms with Crippen LogP contribution in [0.1, 0.15) is 92.7 Å². The minimum atomic E-state index is -1.11. The average Bonchev–Trinajstić information content (AvgIpc) is 2.71. The molecule has 2 atom stereocenters. The Labute approximate surface area is 222 Å². The fraction of sp³-hybridized carbons (Fsp3) is 0.679. The maximum absolute atomic E-state index is 13.2. The SMILES string of the molecule is CCOC(=O)CCNC(=O)N[C@@](C)(c1ccc(CCC(C)(C)C)c(Cl)c1)C(CC)C(=O)OC(C)(C)C. The van der Waals surface area contributed by atoms with Gasteiger partial charge in [-0.25, -0.2) is 4.79 Å². The molecule has 204 valence electrons. The highest BCUT2D eigenvalue weighted by atomic mass is 35.5. The minimum absolute atomic E-state index is 0.0511. The van der Waals surface area contributed by atoms with Gasteiger partial charge in [0.15, 0.2) is 0 Å². The van der Waals surface area contributed by atoms with Crippen molar-refractivity contribution >= 4 is 29.6 Å². The Balaban J connectivity index is 3.28. The van der Waals surface area contributed by atoms with E-state index in [2.05, 4.69) is 31.4 Å². The lowest BCUT2D eigenvalue weighted by Crippen LogP contribution is -2.55. The Kier molecular flexibility index (Phi) is 11.7. The molecule has 0 saturated heterocycles. The number of aryl methyl sites for hydroxylation is 1. The van der Waals surface area contributed by atoms with Crippen molar-refractivity contribution in [2.24, 2.45) is 11.3 Å². The molecule has 36 heavy (non-hydrogen) atoms. The van der Waals surface area contributed by atoms with E-state index in [9.17, 15) is 14.4 Å². The zero-order valence-corrected chi connectivity index (χ0v) is 24.2. The fourth-order valence-electron chi connectivity index (χ4n) is 3.92. The standard InChI is InChI=1S/C28H45ClN2O5/c1-10-21(24(33)36-27(6,7)8)28(9,31-25(34)30-17-15-23(32)35-11-2)20-13-12-19(22(29)18-20)14-16-26(3,4)5/h12-13,18,21H,10-11,14-17H2,1-9H3,(H2,30,31,34)/t21?,28-/m0/s1. The van der Waals surface area contributed by atoms with Gasteiger partial charge in [0.2, 0.25) is 0 Å². The summed E-state index contributed by atoms with van der Waals surface area (Å²) in [6.45, 7) is 17.8. The zero-order chi connectivity index (χ0) is 27.7. The number of ether oxygens (including phenoxy) is 2. The van der Waals surface area contributed by atoms with Gasteiger partial charge in [0.1, 0.15) is 5.60 Å². The maximum atomic E-state index is 13.2. The highest BCUT2D eigenvalue weighted by molar-refractivity contribution is 6.31. The molecule has 0 aromatic heterocycles. The van der Waals surface area contributed by atoms with Crippen molar-refractivity contribution in [1.82, 2.24) is 10.6 Å². The molecule has 8 heteroatoms. The number of hydrogen-bond acceptors (Lipinski definition) is 5. The van der Waals surface area contributed by atoms with E-state index in [0.717, 1.165) is 18.4 Å². The highest BCUT2D eigenvalue weighted by Crippen LogP contribution is 2.36. The van der Waals surface area contributed by atoms with Crippen LogP contribution in [-0.2, 0) is 31.0 Å². The lowest BCUT2D eigenvalue weighted by atomic mass is 9.77. The molecule has 0 spiro atoms. The molecule has 0 aliphatic heterocycles. The van der Waals surface area contributed by atoms with E-state index >= 15 is 0 Å². The van der Waals surface area contributed by atoms with Crippen molar-refractivity contribution < 1.29 is 23.9 Å². The molecule has 0 fully saturated rings. The second kappa shape index (κ2) is 13.3. The van der Waals surface area contributed by atoms with Crippen LogP contribution in [0.2, 0.25) is 5.02 Å². The fourth-order valence-corrected chi connectivity index (χ4v) is 4.19. The largest absolute Gasteiger partial charge is 0.466 e. The van der Waals surface area contributed by atoms with Crippen LogP contribution in [0.25, 0.3) is 0 Å². The molecule has 1 unspecified atom stereocenters. The summed E-state index contributed by atoms with van der Waals surface area (Å²) in [6, 6.07) is 5.20. The number of nitrogens with one attached hydrogen (secondary N) is 2. The van der Waals surface area contributed by atoms with Crippen LogP contribution in [0.5, 0.6) is 0 Å². The maximum Gasteiger partial charge on any atom is 0.315 e. The summed E-state index contributed by atoms with van der Waals surface area (Å²) < 4.78 is 10.6. The van der Waals surface area contributed by atoms with Gasteiger partial charge >= 0.3 is 18.0 Å². The summed E-state index contributed by atoms with van der Waals surface area (Å²) in [5, 5.41) is 6.25. The van der Waals surface area contributed by atoms with Crippen LogP contribution in [0.3, 0.4) is 0 Å². The number of urea groups is 1. The predicted molar refractivity (Wildman–Crippen MR) is 144 cm³/mol. The van der Waals surface area contributed by atoms with Gasteiger partial charge in [0.25, 0.3) is 0 Å². The van der Waals surface area contributed by atoms with Gasteiger partial charge in [0, 0.05) is 11.6 Å². The second-order valence-electron chi connectivity index (χ2n) is 11.5. The van der Waals surface area contributed by atoms with Gasteiger partial charge in [-0.05, 0) is 76.5 Å². The summed E-state index contributed by atoms with van der Waals surface area (Å²) in [7, 11) is 0. The smallest absolute Gasteiger partial charge is 0.315 e. The summed E-state index contributed by atoms with van der Waals surface area (Å²) in [6.07, 6.45) is 2.28. The van der Waals surface area contributed by atoms with Crippen LogP contribution in [0.15, 0.2) is 18.2 Å². The van der Waals surface area contributed by atoms with Crippen LogP contribution in [-0.4, -0.2) is 36.7 Å². The molecule has 1 rings (SSSR count). The van der Waals surface area contributed by atoms with E-state index in [4.69, 9.17) is 21.1 Å². The van der Waals surface area contributed by atoms with Crippen molar-refractivity contribution in [3.63, 3.8) is 0 Å². The normalized spacial score (nSPS) is 14.4. The zero-order valence-electron chi connectivity index (χ0n) is 23.5. The summed E-state index contributed by atoms with van der Waals surface area (Å²) >= 11 is 6.69. The first-order chi connectivity index (χ1) is 16.5. The monoisotopic (exact) mass is 524 g/mol. The van der Waals surface area contributed by atoms with Crippen molar-refractivity contribution in [2.75, 3.05) is 13.2 Å². The topological polar surface area (TPSA) is 93.7 Å². The van der Waals surface area contributed by atoms with E-state index < -0.39 is 35.0 Å². The van der Waals surface area contributed by atoms with Gasteiger partial charge in [-0.1, -0.05) is 51.4 Å². The quantitative estimate of drug-likeness (QED) is 0.338. The van der Waals surface area contributed by atoms with Crippen molar-refractivity contribution in [1.29, 1.82) is 0 Å². The van der Waals surface area contributed by atoms with E-state index in [1.807, 2.05) is 45.9 Å². The summed E-state index contributed by atoms with van der Waals surface area (Å²) in [5.41, 5.74) is 0.0927. The van der Waals surface area contributed by atoms with Gasteiger partial charge in [-0.15, -0.1) is 0 Å². The predicted octanol–water partition coefficient (Wildman–Crippen LogP) is 6.15. The molecule has 0 radical (unpaired) electrons. The number of halogens is 1. The Bertz CT molecular complexity index is 904. The average molecular weight is 525 g/mol. The van der Waals surface area contributed by atoms with Crippen molar-refractivity contribution in [2.45, 2.75) is 99.1 Å². The van der Waals surface area contributed by atoms with Crippen LogP contribution >= 0.6 is 11.6 Å². The second-order valence-corrected chi connectivity index (χ2v) is 11.9. The number of rotatable bonds is 11. The first-order valence-electron chi connectivity index (χ1n) is 12.8. The van der Waals surface area contributed by atoms with E-state index in [-0.39, 0.29) is 25.0 Å². The third-order valence-corrected chi connectivity index (χ3v) is 6.24. The molecule has 0 heterocycles. The van der Waals surface area contributed by atoms with Gasteiger partial charge in [-0.3, -0.25) is 9.59 Å². The lowest BCUT2D eigenvalue weighted by Gasteiger charge is -2.38. The third kappa shape index (κ3) is 10.4. The molecular formula is C28H45ClN2O5. The van der Waals surface area contributed by atoms with Crippen LogP contribution < -0.4 is 10.6 Å². The number of esters is 2. The first-order valence-corrected chi connectivity index (χ1v) is 13.1. The van der Waals surface area contributed by atoms with Gasteiger partial charge in [-0.2, -0.15) is 0 Å². The minimum Gasteiger partial charge on any atom is -0.466 e. The van der Waals surface area contributed by atoms with Gasteiger partial charge < -0.3 is 20.1 Å². The van der Waals surface area contributed by atoms with Crippen LogP contribution in [0.4, 0.5) is 4.79 Å². The number of benzene rings is 1. The van der Waals surface area contributed by atoms with Gasteiger partial charge in [0.05, 0.1) is 24.5 Å². The third-order valence-electron chi connectivity index (χ3n) is 5.89. The first kappa shape index (κ1) is 31.7. The van der Waals surface area contributed by atoms with E-state index in [1.165, 1.54) is 0 Å². The number of carbonyl (C=O) groups is 3. The number of amides is 2. The molecule has 0 aliphatic carbocycles. The Morgan fingerprint density at radius 2 is 1.67 bits per heavy atom.